The zero-order valence-corrected chi connectivity index (χ0v) is 10.5. The Bertz CT molecular complexity index is 484. The molecule has 0 saturated heterocycles. The fourth-order valence-electron chi connectivity index (χ4n) is 1.62. The van der Waals surface area contributed by atoms with Crippen LogP contribution in [0.3, 0.4) is 0 Å². The predicted molar refractivity (Wildman–Crippen MR) is 58.7 cm³/mol. The highest BCUT2D eigenvalue weighted by atomic mass is 19.4. The van der Waals surface area contributed by atoms with Crippen molar-refractivity contribution >= 4 is 5.97 Å². The molecule has 0 amide bonds. The quantitative estimate of drug-likeness (QED) is 0.867. The molecular weight excluding hydrogens is 267 g/mol. The lowest BCUT2D eigenvalue weighted by Crippen LogP contribution is -2.58. The molecule has 0 fully saturated rings. The summed E-state index contributed by atoms with van der Waals surface area (Å²) in [5, 5.41) is 12.6. The van der Waals surface area contributed by atoms with Crippen LogP contribution in [0.1, 0.15) is 25.6 Å². The lowest BCUT2D eigenvalue weighted by Gasteiger charge is -2.29. The molecule has 1 heterocycles. The molecule has 6 nitrogen and oxygen atoms in total. The number of hydrogen-bond donors (Lipinski definition) is 2. The Labute approximate surface area is 106 Å². The van der Waals surface area contributed by atoms with Crippen molar-refractivity contribution in [1.29, 1.82) is 0 Å². The second kappa shape index (κ2) is 4.72. The van der Waals surface area contributed by atoms with Crippen LogP contribution in [0, 0.1) is 0 Å². The third kappa shape index (κ3) is 2.25. The van der Waals surface area contributed by atoms with Gasteiger partial charge in [-0.2, -0.15) is 18.3 Å². The van der Waals surface area contributed by atoms with Crippen molar-refractivity contribution in [3.8, 4) is 5.75 Å². The Kier molecular flexibility index (Phi) is 3.80. The fourth-order valence-corrected chi connectivity index (χ4v) is 1.62. The smallest absolute Gasteiger partial charge is 0.423 e. The summed E-state index contributed by atoms with van der Waals surface area (Å²) < 4.78 is 44.9. The van der Waals surface area contributed by atoms with Crippen LogP contribution in [0.5, 0.6) is 5.75 Å². The van der Waals surface area contributed by atoms with Gasteiger partial charge in [0, 0.05) is 6.04 Å². The SMILES string of the molecule is COc1cnn(C(C)C)c1C(N)(C(=O)O)C(F)(F)F. The van der Waals surface area contributed by atoms with Crippen molar-refractivity contribution in [1.82, 2.24) is 9.78 Å². The molecule has 1 aromatic rings. The lowest BCUT2D eigenvalue weighted by atomic mass is 9.94. The van der Waals surface area contributed by atoms with E-state index in [0.717, 1.165) is 18.0 Å². The van der Waals surface area contributed by atoms with Gasteiger partial charge in [0.15, 0.2) is 5.75 Å². The number of aliphatic carboxylic acids is 1. The van der Waals surface area contributed by atoms with Gasteiger partial charge in [-0.15, -0.1) is 0 Å². The first-order valence-electron chi connectivity index (χ1n) is 5.28. The van der Waals surface area contributed by atoms with Gasteiger partial charge in [0.25, 0.3) is 5.54 Å². The second-order valence-corrected chi connectivity index (χ2v) is 4.21. The molecule has 0 spiro atoms. The molecule has 1 aromatic heterocycles. The number of aromatic nitrogens is 2. The van der Waals surface area contributed by atoms with Crippen LogP contribution in [0.15, 0.2) is 6.20 Å². The molecule has 19 heavy (non-hydrogen) atoms. The number of carboxylic acids is 1. The van der Waals surface area contributed by atoms with Crippen molar-refractivity contribution in [3.63, 3.8) is 0 Å². The van der Waals surface area contributed by atoms with E-state index in [4.69, 9.17) is 15.6 Å². The molecule has 1 unspecified atom stereocenters. The van der Waals surface area contributed by atoms with Crippen LogP contribution < -0.4 is 10.5 Å². The average Bonchev–Trinajstić information content (AvgIpc) is 2.69. The number of halogens is 3. The minimum atomic E-state index is -5.20. The molecule has 0 aliphatic heterocycles. The van der Waals surface area contributed by atoms with Gasteiger partial charge in [-0.3, -0.25) is 4.68 Å². The summed E-state index contributed by atoms with van der Waals surface area (Å²) >= 11 is 0. The van der Waals surface area contributed by atoms with E-state index in [1.54, 1.807) is 13.8 Å². The largest absolute Gasteiger partial charge is 0.493 e. The summed E-state index contributed by atoms with van der Waals surface area (Å²) in [5.74, 6) is -2.54. The highest BCUT2D eigenvalue weighted by molar-refractivity contribution is 5.82. The van der Waals surface area contributed by atoms with Gasteiger partial charge in [-0.25, -0.2) is 4.79 Å². The summed E-state index contributed by atoms with van der Waals surface area (Å²) in [6.07, 6.45) is -4.19. The van der Waals surface area contributed by atoms with E-state index in [0.29, 0.717) is 0 Å². The predicted octanol–water partition coefficient (Wildman–Crippen LogP) is 1.27. The maximum atomic E-state index is 13.1. The van der Waals surface area contributed by atoms with E-state index in [1.807, 2.05) is 0 Å². The van der Waals surface area contributed by atoms with Crippen LogP contribution in [-0.4, -0.2) is 34.1 Å². The summed E-state index contributed by atoms with van der Waals surface area (Å²) in [4.78, 5) is 11.1. The first-order chi connectivity index (χ1) is 8.57. The zero-order valence-electron chi connectivity index (χ0n) is 10.5. The minimum absolute atomic E-state index is 0.323. The van der Waals surface area contributed by atoms with Gasteiger partial charge in [0.05, 0.1) is 13.3 Å². The number of hydrogen-bond acceptors (Lipinski definition) is 4. The third-order valence-corrected chi connectivity index (χ3v) is 2.63. The topological polar surface area (TPSA) is 90.4 Å². The first-order valence-corrected chi connectivity index (χ1v) is 5.28. The molecule has 0 bridgehead atoms. The van der Waals surface area contributed by atoms with E-state index >= 15 is 0 Å². The molecule has 0 radical (unpaired) electrons. The number of rotatable bonds is 4. The highest BCUT2D eigenvalue weighted by Crippen LogP contribution is 2.41. The maximum absolute atomic E-state index is 13.1. The van der Waals surface area contributed by atoms with E-state index in [1.165, 1.54) is 0 Å². The Morgan fingerprint density at radius 1 is 1.53 bits per heavy atom. The highest BCUT2D eigenvalue weighted by Gasteiger charge is 2.63. The molecule has 1 rings (SSSR count). The van der Waals surface area contributed by atoms with E-state index in [9.17, 15) is 18.0 Å². The van der Waals surface area contributed by atoms with Gasteiger partial charge in [0.1, 0.15) is 5.69 Å². The molecule has 0 aliphatic rings. The normalized spacial score (nSPS) is 15.4. The van der Waals surface area contributed by atoms with Gasteiger partial charge in [-0.05, 0) is 13.8 Å². The Hall–Kier alpha value is -1.77. The summed E-state index contributed by atoms with van der Waals surface area (Å²) in [7, 11) is 1.11. The van der Waals surface area contributed by atoms with E-state index in [-0.39, 0.29) is 5.75 Å². The number of carbonyl (C=O) groups is 1. The van der Waals surface area contributed by atoms with E-state index < -0.39 is 29.4 Å². The van der Waals surface area contributed by atoms with Crippen molar-refractivity contribution in [3.05, 3.63) is 11.9 Å². The first kappa shape index (κ1) is 15.3. The van der Waals surface area contributed by atoms with Crippen LogP contribution >= 0.6 is 0 Å². The summed E-state index contributed by atoms with van der Waals surface area (Å²) in [6.45, 7) is 3.10. The molecule has 0 saturated carbocycles. The Morgan fingerprint density at radius 2 is 2.05 bits per heavy atom. The zero-order chi connectivity index (χ0) is 15.0. The van der Waals surface area contributed by atoms with Crippen LogP contribution in [-0.2, 0) is 10.3 Å². The molecule has 0 aliphatic carbocycles. The number of alkyl halides is 3. The maximum Gasteiger partial charge on any atom is 0.423 e. The standard InChI is InChI=1S/C10H14F3N3O3/c1-5(2)16-7(6(19-3)4-15-16)9(14,8(17)18)10(11,12)13/h4-5H,14H2,1-3H3,(H,17,18). The summed E-state index contributed by atoms with van der Waals surface area (Å²) in [5.41, 5.74) is 0.818. The molecule has 9 heteroatoms. The Morgan fingerprint density at radius 3 is 2.37 bits per heavy atom. The molecular formula is C10H14F3N3O3. The summed E-state index contributed by atoms with van der Waals surface area (Å²) in [6, 6.07) is -0.511. The van der Waals surface area contributed by atoms with Gasteiger partial charge < -0.3 is 15.6 Å². The van der Waals surface area contributed by atoms with Gasteiger partial charge in [0.2, 0.25) is 0 Å². The molecule has 0 aromatic carbocycles. The van der Waals surface area contributed by atoms with Crippen molar-refractivity contribution in [2.45, 2.75) is 31.6 Å². The van der Waals surface area contributed by atoms with Crippen molar-refractivity contribution in [2.24, 2.45) is 5.73 Å². The van der Waals surface area contributed by atoms with Crippen molar-refractivity contribution < 1.29 is 27.8 Å². The van der Waals surface area contributed by atoms with Crippen LogP contribution in [0.4, 0.5) is 13.2 Å². The number of carboxylic acid groups (broad SMARTS) is 1. The second-order valence-electron chi connectivity index (χ2n) is 4.21. The van der Waals surface area contributed by atoms with Gasteiger partial charge in [-0.1, -0.05) is 0 Å². The lowest BCUT2D eigenvalue weighted by molar-refractivity contribution is -0.206. The number of nitrogens with two attached hydrogens (primary N) is 1. The minimum Gasteiger partial charge on any atom is -0.493 e. The monoisotopic (exact) mass is 281 g/mol. The van der Waals surface area contributed by atoms with Gasteiger partial charge >= 0.3 is 12.1 Å². The number of ether oxygens (including phenoxy) is 1. The Balaban J connectivity index is 3.64. The average molecular weight is 281 g/mol. The fraction of sp³-hybridized carbons (Fsp3) is 0.600. The van der Waals surface area contributed by atoms with E-state index in [2.05, 4.69) is 5.10 Å². The van der Waals surface area contributed by atoms with Crippen LogP contribution in [0.25, 0.3) is 0 Å². The van der Waals surface area contributed by atoms with Crippen molar-refractivity contribution in [2.75, 3.05) is 7.11 Å². The third-order valence-electron chi connectivity index (χ3n) is 2.63. The molecule has 3 N–H and O–H groups in total. The number of nitrogens with zero attached hydrogens (tertiary/aromatic N) is 2. The van der Waals surface area contributed by atoms with Crippen LogP contribution in [0.2, 0.25) is 0 Å². The number of methoxy groups -OCH3 is 1. The molecule has 108 valence electrons. The molecule has 1 atom stereocenters.